The van der Waals surface area contributed by atoms with Crippen molar-refractivity contribution < 1.29 is 8.42 Å². The van der Waals surface area contributed by atoms with Gasteiger partial charge in [-0.25, -0.2) is 8.42 Å². The lowest BCUT2D eigenvalue weighted by atomic mass is 10.0. The van der Waals surface area contributed by atoms with Gasteiger partial charge in [-0.1, -0.05) is 11.6 Å². The summed E-state index contributed by atoms with van der Waals surface area (Å²) in [5, 5.41) is 4.07. The third-order valence-electron chi connectivity index (χ3n) is 3.36. The minimum absolute atomic E-state index is 0. The van der Waals surface area contributed by atoms with E-state index in [1.807, 2.05) is 6.92 Å². The Labute approximate surface area is 124 Å². The topological polar surface area (TPSA) is 81.2 Å². The van der Waals surface area contributed by atoms with Crippen molar-refractivity contribution in [2.45, 2.75) is 24.4 Å². The summed E-state index contributed by atoms with van der Waals surface area (Å²) in [6.45, 7) is 2.83. The second-order valence-electron chi connectivity index (χ2n) is 4.69. The van der Waals surface area contributed by atoms with E-state index in [9.17, 15) is 8.42 Å². The Hall–Kier alpha value is -0.340. The fourth-order valence-corrected chi connectivity index (χ4v) is 4.33. The van der Waals surface area contributed by atoms with Crippen LogP contribution in [0.2, 0.25) is 5.02 Å². The number of rotatable bonds is 3. The van der Waals surface area contributed by atoms with Crippen molar-refractivity contribution in [2.75, 3.05) is 13.1 Å². The molecule has 1 aromatic rings. The van der Waals surface area contributed by atoms with Gasteiger partial charge >= 0.3 is 0 Å². The molecule has 110 valence electrons. The first kappa shape index (κ1) is 16.7. The molecule has 9 heteroatoms. The Balaban J connectivity index is 0.00000180. The SMILES string of the molecule is CC(N)C1CCN(S(=O)(=O)c2c(Cl)cnn2C)C1.Cl. The minimum Gasteiger partial charge on any atom is -0.328 e. The van der Waals surface area contributed by atoms with E-state index in [4.69, 9.17) is 17.3 Å². The predicted octanol–water partition coefficient (Wildman–Crippen LogP) is 0.853. The van der Waals surface area contributed by atoms with E-state index in [0.717, 1.165) is 6.42 Å². The van der Waals surface area contributed by atoms with E-state index in [0.29, 0.717) is 13.1 Å². The molecule has 1 aliphatic heterocycles. The highest BCUT2D eigenvalue weighted by molar-refractivity contribution is 7.89. The number of hydrogen-bond donors (Lipinski definition) is 1. The third kappa shape index (κ3) is 3.05. The van der Waals surface area contributed by atoms with E-state index in [1.54, 1.807) is 7.05 Å². The number of aromatic nitrogens is 2. The molecule has 0 saturated carbocycles. The molecule has 0 spiro atoms. The number of nitrogens with two attached hydrogens (primary N) is 1. The molecule has 19 heavy (non-hydrogen) atoms. The van der Waals surface area contributed by atoms with E-state index in [-0.39, 0.29) is 34.4 Å². The summed E-state index contributed by atoms with van der Waals surface area (Å²) in [4.78, 5) is 0. The van der Waals surface area contributed by atoms with Gasteiger partial charge in [-0.05, 0) is 19.3 Å². The smallest absolute Gasteiger partial charge is 0.261 e. The van der Waals surface area contributed by atoms with Gasteiger partial charge in [0.2, 0.25) is 0 Å². The van der Waals surface area contributed by atoms with Gasteiger partial charge in [-0.3, -0.25) is 4.68 Å². The minimum atomic E-state index is -3.58. The van der Waals surface area contributed by atoms with E-state index in [1.165, 1.54) is 15.2 Å². The summed E-state index contributed by atoms with van der Waals surface area (Å²) in [6, 6.07) is -0.00721. The molecule has 0 aliphatic carbocycles. The summed E-state index contributed by atoms with van der Waals surface area (Å²) in [5.74, 6) is 0.201. The van der Waals surface area contributed by atoms with Crippen LogP contribution in [0.25, 0.3) is 0 Å². The van der Waals surface area contributed by atoms with E-state index in [2.05, 4.69) is 5.10 Å². The molecule has 2 N–H and O–H groups in total. The lowest BCUT2D eigenvalue weighted by Gasteiger charge is -2.18. The fraction of sp³-hybridized carbons (Fsp3) is 0.700. The monoisotopic (exact) mass is 328 g/mol. The first-order chi connectivity index (χ1) is 8.34. The molecule has 0 aromatic carbocycles. The largest absolute Gasteiger partial charge is 0.328 e. The Morgan fingerprint density at radius 1 is 1.58 bits per heavy atom. The van der Waals surface area contributed by atoms with Crippen molar-refractivity contribution in [1.29, 1.82) is 0 Å². The number of hydrogen-bond acceptors (Lipinski definition) is 4. The first-order valence-corrected chi connectivity index (χ1v) is 7.59. The van der Waals surface area contributed by atoms with Crippen molar-refractivity contribution in [3.8, 4) is 0 Å². The van der Waals surface area contributed by atoms with Crippen LogP contribution in [0.5, 0.6) is 0 Å². The van der Waals surface area contributed by atoms with Gasteiger partial charge in [-0.15, -0.1) is 12.4 Å². The molecule has 1 aromatic heterocycles. The Morgan fingerprint density at radius 2 is 2.21 bits per heavy atom. The third-order valence-corrected chi connectivity index (χ3v) is 5.73. The molecule has 1 saturated heterocycles. The van der Waals surface area contributed by atoms with Crippen LogP contribution in [0.3, 0.4) is 0 Å². The molecule has 0 bridgehead atoms. The molecule has 6 nitrogen and oxygen atoms in total. The molecular formula is C10H18Cl2N4O2S. The highest BCUT2D eigenvalue weighted by Crippen LogP contribution is 2.28. The van der Waals surface area contributed by atoms with Crippen LogP contribution in [0, 0.1) is 5.92 Å². The lowest BCUT2D eigenvalue weighted by Crippen LogP contribution is -2.34. The zero-order valence-electron chi connectivity index (χ0n) is 10.8. The van der Waals surface area contributed by atoms with Crippen LogP contribution in [0.1, 0.15) is 13.3 Å². The summed E-state index contributed by atoms with van der Waals surface area (Å²) in [6.07, 6.45) is 2.12. The van der Waals surface area contributed by atoms with Crippen molar-refractivity contribution in [1.82, 2.24) is 14.1 Å². The van der Waals surface area contributed by atoms with E-state index >= 15 is 0 Å². The van der Waals surface area contributed by atoms with Crippen LogP contribution in [0.15, 0.2) is 11.2 Å². The van der Waals surface area contributed by atoms with Crippen molar-refractivity contribution >= 4 is 34.0 Å². The molecule has 1 fully saturated rings. The zero-order chi connectivity index (χ0) is 13.5. The van der Waals surface area contributed by atoms with Crippen molar-refractivity contribution in [3.63, 3.8) is 0 Å². The normalized spacial score (nSPS) is 22.2. The van der Waals surface area contributed by atoms with Gasteiger partial charge < -0.3 is 5.73 Å². The van der Waals surface area contributed by atoms with Crippen LogP contribution in [-0.2, 0) is 17.1 Å². The van der Waals surface area contributed by atoms with Gasteiger partial charge in [-0.2, -0.15) is 9.40 Å². The summed E-state index contributed by atoms with van der Waals surface area (Å²) in [7, 11) is -2.01. The van der Waals surface area contributed by atoms with E-state index < -0.39 is 10.0 Å². The number of nitrogens with zero attached hydrogens (tertiary/aromatic N) is 3. The number of sulfonamides is 1. The number of aryl methyl sites for hydroxylation is 1. The molecular weight excluding hydrogens is 311 g/mol. The molecule has 2 atom stereocenters. The summed E-state index contributed by atoms with van der Waals surface area (Å²) >= 11 is 5.89. The molecule has 2 unspecified atom stereocenters. The molecule has 2 rings (SSSR count). The maximum atomic E-state index is 12.4. The van der Waals surface area contributed by atoms with Gasteiger partial charge in [0.25, 0.3) is 10.0 Å². The number of halogens is 2. The zero-order valence-corrected chi connectivity index (χ0v) is 13.2. The maximum absolute atomic E-state index is 12.4. The average molecular weight is 329 g/mol. The average Bonchev–Trinajstić information content (AvgIpc) is 2.85. The van der Waals surface area contributed by atoms with Gasteiger partial charge in [0, 0.05) is 26.2 Å². The summed E-state index contributed by atoms with van der Waals surface area (Å²) in [5.41, 5.74) is 5.82. The Bertz CT molecular complexity index is 524. The predicted molar refractivity (Wildman–Crippen MR) is 76.0 cm³/mol. The Kier molecular flexibility index (Phi) is 5.25. The molecule has 1 aliphatic rings. The second-order valence-corrected chi connectivity index (χ2v) is 6.95. The summed E-state index contributed by atoms with van der Waals surface area (Å²) < 4.78 is 27.6. The van der Waals surface area contributed by atoms with Gasteiger partial charge in [0.1, 0.15) is 0 Å². The fourth-order valence-electron chi connectivity index (χ4n) is 2.21. The van der Waals surface area contributed by atoms with Crippen LogP contribution in [0.4, 0.5) is 0 Å². The standard InChI is InChI=1S/C10H17ClN4O2S.ClH/c1-7(12)8-3-4-15(6-8)18(16,17)10-9(11)5-13-14(10)2;/h5,7-8H,3-4,6,12H2,1-2H3;1H. The van der Waals surface area contributed by atoms with Gasteiger partial charge in [0.05, 0.1) is 11.2 Å². The molecule has 0 amide bonds. The van der Waals surface area contributed by atoms with Crippen LogP contribution >= 0.6 is 24.0 Å². The molecule has 2 heterocycles. The Morgan fingerprint density at radius 3 is 2.63 bits per heavy atom. The van der Waals surface area contributed by atoms with Crippen molar-refractivity contribution in [3.05, 3.63) is 11.2 Å². The first-order valence-electron chi connectivity index (χ1n) is 5.77. The van der Waals surface area contributed by atoms with Crippen LogP contribution < -0.4 is 5.73 Å². The highest BCUT2D eigenvalue weighted by Gasteiger charge is 2.36. The quantitative estimate of drug-likeness (QED) is 0.891. The molecule has 0 radical (unpaired) electrons. The van der Waals surface area contributed by atoms with Crippen LogP contribution in [-0.4, -0.2) is 41.6 Å². The highest BCUT2D eigenvalue weighted by atomic mass is 35.5. The second kappa shape index (κ2) is 5.97. The van der Waals surface area contributed by atoms with Gasteiger partial charge in [0.15, 0.2) is 5.03 Å². The maximum Gasteiger partial charge on any atom is 0.261 e. The lowest BCUT2D eigenvalue weighted by molar-refractivity contribution is 0.425. The van der Waals surface area contributed by atoms with Crippen molar-refractivity contribution in [2.24, 2.45) is 18.7 Å².